The molecule has 0 radical (unpaired) electrons. The average molecular weight is 438 g/mol. The summed E-state index contributed by atoms with van der Waals surface area (Å²) in [5, 5.41) is 8.95. The van der Waals surface area contributed by atoms with E-state index in [1.54, 1.807) is 30.3 Å². The molecule has 2 amide bonds. The van der Waals surface area contributed by atoms with Crippen molar-refractivity contribution in [3.63, 3.8) is 0 Å². The van der Waals surface area contributed by atoms with Crippen LogP contribution < -0.4 is 10.6 Å². The fourth-order valence-electron chi connectivity index (χ4n) is 3.27. The molecule has 2 aromatic heterocycles. The monoisotopic (exact) mass is 437 g/mol. The molecule has 0 aliphatic rings. The van der Waals surface area contributed by atoms with Gasteiger partial charge >= 0.3 is 0 Å². The molecule has 30 heavy (non-hydrogen) atoms. The van der Waals surface area contributed by atoms with Gasteiger partial charge in [-0.2, -0.15) is 0 Å². The lowest BCUT2D eigenvalue weighted by Gasteiger charge is -2.10. The van der Waals surface area contributed by atoms with Crippen LogP contribution in [0, 0.1) is 0 Å². The summed E-state index contributed by atoms with van der Waals surface area (Å²) in [6.45, 7) is 3.10. The third-order valence-corrected chi connectivity index (χ3v) is 5.91. The first-order valence-electron chi connectivity index (χ1n) is 9.60. The van der Waals surface area contributed by atoms with Crippen molar-refractivity contribution in [2.45, 2.75) is 19.9 Å². The Labute approximate surface area is 183 Å². The number of halogens is 1. The van der Waals surface area contributed by atoms with Gasteiger partial charge in [-0.3, -0.25) is 9.59 Å². The Bertz CT molecular complexity index is 1210. The van der Waals surface area contributed by atoms with Crippen LogP contribution in [0.15, 0.2) is 66.2 Å². The topological polar surface area (TPSA) is 63.1 Å². The normalized spacial score (nSPS) is 10.9. The van der Waals surface area contributed by atoms with Crippen molar-refractivity contribution < 1.29 is 9.59 Å². The van der Waals surface area contributed by atoms with Gasteiger partial charge in [0.05, 0.1) is 15.6 Å². The van der Waals surface area contributed by atoms with Crippen molar-refractivity contribution in [3.05, 3.63) is 81.6 Å². The van der Waals surface area contributed by atoms with Gasteiger partial charge in [0.1, 0.15) is 0 Å². The van der Waals surface area contributed by atoms with E-state index in [1.165, 1.54) is 11.3 Å². The molecular formula is C23H20ClN3O2S. The van der Waals surface area contributed by atoms with Gasteiger partial charge in [-0.15, -0.1) is 11.3 Å². The first-order valence-corrected chi connectivity index (χ1v) is 10.9. The molecule has 0 bridgehead atoms. The number of amides is 2. The first-order chi connectivity index (χ1) is 14.5. The predicted molar refractivity (Wildman–Crippen MR) is 124 cm³/mol. The fraction of sp³-hybridized carbons (Fsp3) is 0.130. The van der Waals surface area contributed by atoms with Gasteiger partial charge < -0.3 is 15.2 Å². The van der Waals surface area contributed by atoms with E-state index in [-0.39, 0.29) is 11.8 Å². The summed E-state index contributed by atoms with van der Waals surface area (Å²) >= 11 is 7.55. The number of benzene rings is 2. The number of nitrogens with one attached hydrogen (secondary N) is 2. The number of thiophene rings is 1. The summed E-state index contributed by atoms with van der Waals surface area (Å²) in [6.07, 6.45) is 3.12. The van der Waals surface area contributed by atoms with E-state index < -0.39 is 0 Å². The maximum absolute atomic E-state index is 12.8. The largest absolute Gasteiger partial charge is 0.347 e. The minimum atomic E-state index is -0.273. The van der Waals surface area contributed by atoms with E-state index in [2.05, 4.69) is 28.3 Å². The summed E-state index contributed by atoms with van der Waals surface area (Å²) in [7, 11) is 0. The molecule has 0 aliphatic carbocycles. The molecule has 0 saturated heterocycles. The molecule has 152 valence electrons. The summed E-state index contributed by atoms with van der Waals surface area (Å²) in [5.74, 6) is -0.530. The van der Waals surface area contributed by atoms with E-state index in [0.29, 0.717) is 26.8 Å². The van der Waals surface area contributed by atoms with Crippen LogP contribution in [0.1, 0.15) is 33.4 Å². The fourth-order valence-corrected chi connectivity index (χ4v) is 4.05. The van der Waals surface area contributed by atoms with Gasteiger partial charge in [0.25, 0.3) is 11.8 Å². The zero-order valence-corrected chi connectivity index (χ0v) is 17.9. The van der Waals surface area contributed by atoms with Gasteiger partial charge in [0, 0.05) is 34.9 Å². The number of hydrogen-bond acceptors (Lipinski definition) is 3. The second kappa shape index (κ2) is 8.73. The summed E-state index contributed by atoms with van der Waals surface area (Å²) in [5.41, 5.74) is 2.65. The summed E-state index contributed by atoms with van der Waals surface area (Å²) < 4.78 is 2.20. The second-order valence-corrected chi connectivity index (χ2v) is 8.22. The van der Waals surface area contributed by atoms with Gasteiger partial charge in [-0.1, -0.05) is 24.6 Å². The minimum absolute atomic E-state index is 0.258. The Morgan fingerprint density at radius 2 is 1.90 bits per heavy atom. The second-order valence-electron chi connectivity index (χ2n) is 6.86. The molecule has 5 nitrogen and oxygen atoms in total. The average Bonchev–Trinajstić information content (AvgIpc) is 3.40. The molecule has 0 unspecified atom stereocenters. The van der Waals surface area contributed by atoms with Crippen molar-refractivity contribution in [3.8, 4) is 0 Å². The predicted octanol–water partition coefficient (Wildman–Crippen LogP) is 6.27. The number of aryl methyl sites for hydroxylation is 1. The number of fused-ring (bicyclic) bond motifs is 1. The third-order valence-electron chi connectivity index (χ3n) is 4.72. The van der Waals surface area contributed by atoms with Gasteiger partial charge in [-0.05, 0) is 60.3 Å². The quantitative estimate of drug-likeness (QED) is 0.373. The summed E-state index contributed by atoms with van der Waals surface area (Å²) in [6, 6.07) is 16.3. The van der Waals surface area contributed by atoms with Crippen LogP contribution in [0.4, 0.5) is 11.4 Å². The smallest absolute Gasteiger partial charge is 0.265 e. The molecule has 0 aliphatic heterocycles. The van der Waals surface area contributed by atoms with Crippen molar-refractivity contribution in [1.29, 1.82) is 0 Å². The Hall–Kier alpha value is -3.09. The van der Waals surface area contributed by atoms with Crippen LogP contribution in [-0.2, 0) is 6.54 Å². The lowest BCUT2D eigenvalue weighted by Crippen LogP contribution is -2.14. The zero-order valence-electron chi connectivity index (χ0n) is 16.3. The first kappa shape index (κ1) is 20.2. The Kier molecular flexibility index (Phi) is 5.88. The highest BCUT2D eigenvalue weighted by atomic mass is 35.5. The molecule has 7 heteroatoms. The minimum Gasteiger partial charge on any atom is -0.347 e. The number of carbonyl (C=O) groups is 2. The van der Waals surface area contributed by atoms with Crippen LogP contribution in [0.5, 0.6) is 0 Å². The van der Waals surface area contributed by atoms with E-state index in [1.807, 2.05) is 29.6 Å². The SMILES string of the molecule is CCCn1ccc2cc(NC(=O)c3ccc(Cl)c(NC(=O)c4cccs4)c3)ccc21. The Morgan fingerprint density at radius 1 is 1.03 bits per heavy atom. The van der Waals surface area contributed by atoms with E-state index >= 15 is 0 Å². The van der Waals surface area contributed by atoms with Crippen molar-refractivity contribution in [2.24, 2.45) is 0 Å². The Morgan fingerprint density at radius 3 is 2.67 bits per heavy atom. The maximum Gasteiger partial charge on any atom is 0.265 e. The number of hydrogen-bond donors (Lipinski definition) is 2. The van der Waals surface area contributed by atoms with Crippen LogP contribution >= 0.6 is 22.9 Å². The molecule has 0 atom stereocenters. The highest BCUT2D eigenvalue weighted by Crippen LogP contribution is 2.26. The molecule has 0 spiro atoms. The number of carbonyl (C=O) groups excluding carboxylic acids is 2. The number of anilines is 2. The van der Waals surface area contributed by atoms with E-state index in [9.17, 15) is 9.59 Å². The van der Waals surface area contributed by atoms with E-state index in [4.69, 9.17) is 11.6 Å². The molecule has 0 saturated carbocycles. The van der Waals surface area contributed by atoms with Crippen LogP contribution in [0.3, 0.4) is 0 Å². The van der Waals surface area contributed by atoms with Crippen LogP contribution in [0.2, 0.25) is 5.02 Å². The molecule has 2 aromatic carbocycles. The zero-order chi connectivity index (χ0) is 21.1. The summed E-state index contributed by atoms with van der Waals surface area (Å²) in [4.78, 5) is 25.6. The number of nitrogens with zero attached hydrogens (tertiary/aromatic N) is 1. The van der Waals surface area contributed by atoms with Gasteiger partial charge in [0.2, 0.25) is 0 Å². The number of aromatic nitrogens is 1. The van der Waals surface area contributed by atoms with Crippen molar-refractivity contribution >= 4 is 57.0 Å². The standard InChI is InChI=1S/C23H20ClN3O2S/c1-2-10-27-11-9-15-13-17(6-8-20(15)27)25-22(28)16-5-7-18(24)19(14-16)26-23(29)21-4-3-12-30-21/h3-9,11-14H,2,10H2,1H3,(H,25,28)(H,26,29). The molecule has 0 fully saturated rings. The highest BCUT2D eigenvalue weighted by molar-refractivity contribution is 7.12. The molecule has 4 aromatic rings. The molecule has 2 heterocycles. The Balaban J connectivity index is 1.52. The molecule has 2 N–H and O–H groups in total. The lowest BCUT2D eigenvalue weighted by molar-refractivity contribution is 0.101. The number of rotatable bonds is 6. The molecule has 4 rings (SSSR count). The van der Waals surface area contributed by atoms with Crippen molar-refractivity contribution in [1.82, 2.24) is 4.57 Å². The van der Waals surface area contributed by atoms with Gasteiger partial charge in [0.15, 0.2) is 0 Å². The highest BCUT2D eigenvalue weighted by Gasteiger charge is 2.13. The third kappa shape index (κ3) is 4.25. The van der Waals surface area contributed by atoms with Crippen LogP contribution in [0.25, 0.3) is 10.9 Å². The van der Waals surface area contributed by atoms with Crippen molar-refractivity contribution in [2.75, 3.05) is 10.6 Å². The van der Waals surface area contributed by atoms with Crippen LogP contribution in [-0.4, -0.2) is 16.4 Å². The van der Waals surface area contributed by atoms with E-state index in [0.717, 1.165) is 23.9 Å². The van der Waals surface area contributed by atoms with Gasteiger partial charge in [-0.25, -0.2) is 0 Å². The lowest BCUT2D eigenvalue weighted by atomic mass is 10.1. The maximum atomic E-state index is 12.8. The molecular weight excluding hydrogens is 418 g/mol.